The van der Waals surface area contributed by atoms with Crippen LogP contribution in [0.15, 0.2) is 30.6 Å². The number of nitrogens with zero attached hydrogens (tertiary/aromatic N) is 4. The second-order valence-electron chi connectivity index (χ2n) is 5.64. The Morgan fingerprint density at radius 2 is 2.04 bits per heavy atom. The summed E-state index contributed by atoms with van der Waals surface area (Å²) >= 11 is 0. The van der Waals surface area contributed by atoms with Crippen molar-refractivity contribution in [2.75, 3.05) is 25.0 Å². The Morgan fingerprint density at radius 3 is 2.72 bits per heavy atom. The largest absolute Gasteiger partial charge is 0.370 e. The summed E-state index contributed by atoms with van der Waals surface area (Å²) in [6.45, 7) is 3.13. The maximum Gasteiger partial charge on any atom is 0.324 e. The second-order valence-corrected chi connectivity index (χ2v) is 5.64. The summed E-state index contributed by atoms with van der Waals surface area (Å²) in [7, 11) is 0. The minimum absolute atomic E-state index is 0.0906. The Balaban J connectivity index is 1.62. The van der Waals surface area contributed by atoms with Gasteiger partial charge in [-0.2, -0.15) is 0 Å². The quantitative estimate of drug-likeness (QED) is 0.584. The molecule has 0 bridgehead atoms. The number of nitrogens with one attached hydrogen (secondary N) is 2. The average Bonchev–Trinajstić information content (AvgIpc) is 2.97. The normalized spacial score (nSPS) is 13.9. The number of urea groups is 1. The SMILES string of the molecule is CCc1cc(NCCCN2C(=O)CNC2=O)nc(-c2ccncc2)n1. The molecule has 25 heavy (non-hydrogen) atoms. The van der Waals surface area contributed by atoms with Crippen molar-refractivity contribution in [3.05, 3.63) is 36.3 Å². The van der Waals surface area contributed by atoms with Gasteiger partial charge in [0.15, 0.2) is 5.82 Å². The lowest BCUT2D eigenvalue weighted by Gasteiger charge is -2.13. The van der Waals surface area contributed by atoms with Crippen molar-refractivity contribution in [3.8, 4) is 11.4 Å². The van der Waals surface area contributed by atoms with Crippen molar-refractivity contribution in [2.45, 2.75) is 19.8 Å². The first-order chi connectivity index (χ1) is 12.2. The fourth-order valence-electron chi connectivity index (χ4n) is 2.53. The summed E-state index contributed by atoms with van der Waals surface area (Å²) in [5.74, 6) is 1.20. The molecule has 3 rings (SSSR count). The molecule has 0 unspecified atom stereocenters. The van der Waals surface area contributed by atoms with E-state index in [0.29, 0.717) is 25.3 Å². The van der Waals surface area contributed by atoms with Crippen LogP contribution >= 0.6 is 0 Å². The molecule has 0 atom stereocenters. The number of carbonyl (C=O) groups excluding carboxylic acids is 2. The van der Waals surface area contributed by atoms with Crippen LogP contribution in [0.4, 0.5) is 10.6 Å². The summed E-state index contributed by atoms with van der Waals surface area (Å²) in [6, 6.07) is 5.34. The van der Waals surface area contributed by atoms with Crippen LogP contribution in [0.3, 0.4) is 0 Å². The number of aromatic nitrogens is 3. The fourth-order valence-corrected chi connectivity index (χ4v) is 2.53. The zero-order valence-corrected chi connectivity index (χ0v) is 14.0. The molecule has 8 nitrogen and oxygen atoms in total. The zero-order valence-electron chi connectivity index (χ0n) is 14.0. The molecule has 2 N–H and O–H groups in total. The van der Waals surface area contributed by atoms with E-state index < -0.39 is 0 Å². The number of hydrogen-bond acceptors (Lipinski definition) is 6. The van der Waals surface area contributed by atoms with Gasteiger partial charge in [-0.15, -0.1) is 0 Å². The van der Waals surface area contributed by atoms with E-state index in [9.17, 15) is 9.59 Å². The molecule has 2 aromatic rings. The zero-order chi connectivity index (χ0) is 17.6. The Hall–Kier alpha value is -3.03. The molecule has 1 aliphatic heterocycles. The number of carbonyl (C=O) groups is 2. The van der Waals surface area contributed by atoms with Crippen molar-refractivity contribution in [1.29, 1.82) is 0 Å². The molecule has 0 spiro atoms. The molecule has 0 saturated carbocycles. The van der Waals surface area contributed by atoms with Crippen LogP contribution in [0.2, 0.25) is 0 Å². The van der Waals surface area contributed by atoms with Crippen molar-refractivity contribution in [3.63, 3.8) is 0 Å². The number of amides is 3. The van der Waals surface area contributed by atoms with Gasteiger partial charge < -0.3 is 10.6 Å². The van der Waals surface area contributed by atoms with Crippen LogP contribution < -0.4 is 10.6 Å². The summed E-state index contributed by atoms with van der Waals surface area (Å²) in [4.78, 5) is 37.3. The van der Waals surface area contributed by atoms with Gasteiger partial charge in [0.05, 0.1) is 6.54 Å². The third-order valence-corrected chi connectivity index (χ3v) is 3.88. The van der Waals surface area contributed by atoms with Crippen molar-refractivity contribution >= 4 is 17.8 Å². The Bertz CT molecular complexity index is 749. The minimum atomic E-state index is -0.319. The van der Waals surface area contributed by atoms with Crippen LogP contribution in [-0.2, 0) is 11.2 Å². The predicted molar refractivity (Wildman–Crippen MR) is 92.9 cm³/mol. The predicted octanol–water partition coefficient (Wildman–Crippen LogP) is 1.45. The molecule has 0 aliphatic carbocycles. The first kappa shape index (κ1) is 16.8. The monoisotopic (exact) mass is 340 g/mol. The molecule has 1 aliphatic rings. The highest BCUT2D eigenvalue weighted by Crippen LogP contribution is 2.17. The van der Waals surface area contributed by atoms with E-state index in [1.165, 1.54) is 4.90 Å². The van der Waals surface area contributed by atoms with E-state index in [2.05, 4.69) is 25.6 Å². The number of rotatable bonds is 7. The molecule has 8 heteroatoms. The first-order valence-electron chi connectivity index (χ1n) is 8.28. The lowest BCUT2D eigenvalue weighted by molar-refractivity contribution is -0.124. The van der Waals surface area contributed by atoms with E-state index in [4.69, 9.17) is 0 Å². The standard InChI is InChI=1S/C17H20N6O2/c1-2-13-10-14(22-16(21-13)12-4-7-18-8-5-12)19-6-3-9-23-15(24)11-20-17(23)25/h4-5,7-8,10H,2-3,6,9,11H2,1H3,(H,20,25)(H,19,21,22). The minimum Gasteiger partial charge on any atom is -0.370 e. The highest BCUT2D eigenvalue weighted by Gasteiger charge is 2.27. The van der Waals surface area contributed by atoms with Gasteiger partial charge in [0.25, 0.3) is 0 Å². The summed E-state index contributed by atoms with van der Waals surface area (Å²) < 4.78 is 0. The molecular weight excluding hydrogens is 320 g/mol. The van der Waals surface area contributed by atoms with Crippen molar-refractivity contribution < 1.29 is 9.59 Å². The van der Waals surface area contributed by atoms with Gasteiger partial charge in [-0.3, -0.25) is 14.7 Å². The summed E-state index contributed by atoms with van der Waals surface area (Å²) in [5.41, 5.74) is 1.85. The average molecular weight is 340 g/mol. The van der Waals surface area contributed by atoms with Gasteiger partial charge in [-0.05, 0) is 25.0 Å². The highest BCUT2D eigenvalue weighted by molar-refractivity contribution is 6.01. The van der Waals surface area contributed by atoms with Crippen LogP contribution in [0.5, 0.6) is 0 Å². The number of aryl methyl sites for hydroxylation is 1. The lowest BCUT2D eigenvalue weighted by atomic mass is 10.2. The molecular formula is C17H20N6O2. The van der Waals surface area contributed by atoms with E-state index in [1.807, 2.05) is 25.1 Å². The van der Waals surface area contributed by atoms with Crippen molar-refractivity contribution in [2.24, 2.45) is 0 Å². The van der Waals surface area contributed by atoms with Crippen LogP contribution in [0.1, 0.15) is 19.0 Å². The van der Waals surface area contributed by atoms with Gasteiger partial charge >= 0.3 is 6.03 Å². The fraction of sp³-hybridized carbons (Fsp3) is 0.353. The number of imide groups is 1. The molecule has 0 radical (unpaired) electrons. The lowest BCUT2D eigenvalue weighted by Crippen LogP contribution is -2.32. The van der Waals surface area contributed by atoms with E-state index in [1.54, 1.807) is 12.4 Å². The number of anilines is 1. The molecule has 2 aromatic heterocycles. The van der Waals surface area contributed by atoms with Gasteiger partial charge in [-0.1, -0.05) is 6.92 Å². The van der Waals surface area contributed by atoms with Gasteiger partial charge in [0.2, 0.25) is 5.91 Å². The third kappa shape index (κ3) is 4.09. The maximum absolute atomic E-state index is 11.5. The van der Waals surface area contributed by atoms with Crippen LogP contribution in [0, 0.1) is 0 Å². The smallest absolute Gasteiger partial charge is 0.324 e. The molecule has 0 aromatic carbocycles. The molecule has 3 heterocycles. The Morgan fingerprint density at radius 1 is 1.24 bits per heavy atom. The molecule has 1 saturated heterocycles. The number of pyridine rings is 1. The van der Waals surface area contributed by atoms with E-state index in [0.717, 1.165) is 23.5 Å². The van der Waals surface area contributed by atoms with Crippen molar-refractivity contribution in [1.82, 2.24) is 25.2 Å². The Labute approximate surface area is 145 Å². The van der Waals surface area contributed by atoms with Gasteiger partial charge in [-0.25, -0.2) is 14.8 Å². The molecule has 1 fully saturated rings. The Kier molecular flexibility index (Phi) is 5.17. The van der Waals surface area contributed by atoms with E-state index in [-0.39, 0.29) is 18.5 Å². The molecule has 3 amide bonds. The number of hydrogen-bond donors (Lipinski definition) is 2. The first-order valence-corrected chi connectivity index (χ1v) is 8.28. The molecule has 130 valence electrons. The van der Waals surface area contributed by atoms with Crippen LogP contribution in [-0.4, -0.2) is 51.4 Å². The van der Waals surface area contributed by atoms with Gasteiger partial charge in [0.1, 0.15) is 5.82 Å². The maximum atomic E-state index is 11.5. The summed E-state index contributed by atoms with van der Waals surface area (Å²) in [6.07, 6.45) is 4.87. The second kappa shape index (κ2) is 7.69. The van der Waals surface area contributed by atoms with Crippen LogP contribution in [0.25, 0.3) is 11.4 Å². The topological polar surface area (TPSA) is 100 Å². The van der Waals surface area contributed by atoms with Gasteiger partial charge in [0, 0.05) is 42.8 Å². The summed E-state index contributed by atoms with van der Waals surface area (Å²) in [5, 5.41) is 5.76. The third-order valence-electron chi connectivity index (χ3n) is 3.88. The highest BCUT2D eigenvalue weighted by atomic mass is 16.2. The van der Waals surface area contributed by atoms with E-state index >= 15 is 0 Å².